The van der Waals surface area contributed by atoms with Gasteiger partial charge in [-0.3, -0.25) is 9.97 Å². The van der Waals surface area contributed by atoms with E-state index in [1.807, 2.05) is 68.1 Å². The van der Waals surface area contributed by atoms with Gasteiger partial charge in [-0.15, -0.1) is 0 Å². The number of rotatable bonds is 2. The van der Waals surface area contributed by atoms with Gasteiger partial charge in [-0.2, -0.15) is 0 Å². The molecule has 0 aliphatic carbocycles. The van der Waals surface area contributed by atoms with Crippen LogP contribution in [0.15, 0.2) is 43.0 Å². The van der Waals surface area contributed by atoms with Crippen LogP contribution in [-0.4, -0.2) is 33.6 Å². The quantitative estimate of drug-likeness (QED) is 0.682. The molecule has 0 fully saturated rings. The van der Waals surface area contributed by atoms with Crippen molar-refractivity contribution in [1.29, 1.82) is 0 Å². The number of hydrogen-bond donors (Lipinski definition) is 0. The fraction of sp³-hybridized carbons (Fsp3) is 0.211. The van der Waals surface area contributed by atoms with E-state index in [1.54, 1.807) is 6.20 Å². The van der Waals surface area contributed by atoms with Gasteiger partial charge in [0, 0.05) is 37.7 Å². The second-order valence-electron chi connectivity index (χ2n) is 5.78. The van der Waals surface area contributed by atoms with Crippen molar-refractivity contribution in [2.45, 2.75) is 13.8 Å². The number of nitrogens with zero attached hydrogens (tertiary/aromatic N) is 5. The molecule has 24 heavy (non-hydrogen) atoms. The number of anilines is 1. The Balaban J connectivity index is 1.93. The summed E-state index contributed by atoms with van der Waals surface area (Å²) in [6, 6.07) is 5.93. The van der Waals surface area contributed by atoms with Crippen LogP contribution in [0.1, 0.15) is 22.8 Å². The van der Waals surface area contributed by atoms with Gasteiger partial charge in [0.05, 0.1) is 23.8 Å². The molecule has 3 heterocycles. The summed E-state index contributed by atoms with van der Waals surface area (Å²) in [6.45, 7) is 3.92. The van der Waals surface area contributed by atoms with Crippen LogP contribution >= 0.6 is 0 Å². The van der Waals surface area contributed by atoms with E-state index in [0.29, 0.717) is 0 Å². The molecule has 0 saturated carbocycles. The largest absolute Gasteiger partial charge is 0.376 e. The molecule has 0 N–H and O–H groups in total. The minimum atomic E-state index is 0.734. The maximum Gasteiger partial charge on any atom is 0.132 e. The maximum absolute atomic E-state index is 4.53. The van der Waals surface area contributed by atoms with Crippen LogP contribution in [0.5, 0.6) is 0 Å². The highest BCUT2D eigenvalue weighted by molar-refractivity contribution is 5.50. The van der Waals surface area contributed by atoms with Gasteiger partial charge in [0.15, 0.2) is 0 Å². The van der Waals surface area contributed by atoms with Gasteiger partial charge in [-0.1, -0.05) is 5.92 Å². The highest BCUT2D eigenvalue weighted by Gasteiger charge is 2.06. The van der Waals surface area contributed by atoms with Crippen molar-refractivity contribution >= 4 is 5.69 Å². The molecule has 3 rings (SSSR count). The minimum absolute atomic E-state index is 0.734. The summed E-state index contributed by atoms with van der Waals surface area (Å²) in [5, 5.41) is 0. The average molecular weight is 317 g/mol. The Morgan fingerprint density at radius 1 is 1.08 bits per heavy atom. The third-order valence-electron chi connectivity index (χ3n) is 3.62. The molecule has 0 unspecified atom stereocenters. The third-order valence-corrected chi connectivity index (χ3v) is 3.62. The van der Waals surface area contributed by atoms with Gasteiger partial charge in [0.25, 0.3) is 0 Å². The Labute approximate surface area is 142 Å². The van der Waals surface area contributed by atoms with Crippen LogP contribution in [0.2, 0.25) is 0 Å². The fourth-order valence-corrected chi connectivity index (χ4v) is 2.35. The monoisotopic (exact) mass is 317 g/mol. The first-order valence-electron chi connectivity index (χ1n) is 7.66. The van der Waals surface area contributed by atoms with E-state index in [4.69, 9.17) is 0 Å². The first-order valence-corrected chi connectivity index (χ1v) is 7.66. The molecule has 0 saturated heterocycles. The Hall–Kier alpha value is -3.13. The molecule has 0 bridgehead atoms. The van der Waals surface area contributed by atoms with E-state index >= 15 is 0 Å². The smallest absolute Gasteiger partial charge is 0.132 e. The second-order valence-corrected chi connectivity index (χ2v) is 5.78. The average Bonchev–Trinajstić information content (AvgIpc) is 2.94. The molecule has 0 amide bonds. The van der Waals surface area contributed by atoms with Gasteiger partial charge >= 0.3 is 0 Å². The fourth-order valence-electron chi connectivity index (χ4n) is 2.35. The molecule has 0 aliphatic rings. The molecule has 3 aromatic heterocycles. The van der Waals surface area contributed by atoms with Gasteiger partial charge in [0.1, 0.15) is 11.5 Å². The summed E-state index contributed by atoms with van der Waals surface area (Å²) in [6.07, 6.45) is 7.36. The molecule has 3 aromatic rings. The zero-order chi connectivity index (χ0) is 17.1. The Morgan fingerprint density at radius 2 is 1.92 bits per heavy atom. The zero-order valence-corrected chi connectivity index (χ0v) is 14.3. The van der Waals surface area contributed by atoms with Gasteiger partial charge in [-0.25, -0.2) is 4.98 Å². The Kier molecular flexibility index (Phi) is 4.30. The third kappa shape index (κ3) is 3.44. The van der Waals surface area contributed by atoms with Crippen molar-refractivity contribution in [2.75, 3.05) is 19.0 Å². The van der Waals surface area contributed by atoms with Crippen molar-refractivity contribution < 1.29 is 0 Å². The maximum atomic E-state index is 4.53. The lowest BCUT2D eigenvalue weighted by Crippen LogP contribution is -2.09. The minimum Gasteiger partial charge on any atom is -0.376 e. The number of aryl methyl sites for hydroxylation is 2. The zero-order valence-electron chi connectivity index (χ0n) is 14.3. The Morgan fingerprint density at radius 3 is 2.67 bits per heavy atom. The van der Waals surface area contributed by atoms with E-state index in [9.17, 15) is 0 Å². The molecule has 0 atom stereocenters. The summed E-state index contributed by atoms with van der Waals surface area (Å²) < 4.78 is 2.00. The summed E-state index contributed by atoms with van der Waals surface area (Å²) in [5.41, 5.74) is 4.64. The van der Waals surface area contributed by atoms with Gasteiger partial charge in [-0.05, 0) is 38.0 Å². The van der Waals surface area contributed by atoms with Crippen LogP contribution in [0.4, 0.5) is 5.69 Å². The van der Waals surface area contributed by atoms with E-state index in [-0.39, 0.29) is 0 Å². The van der Waals surface area contributed by atoms with Crippen molar-refractivity contribution in [1.82, 2.24) is 19.5 Å². The molecule has 5 heteroatoms. The first kappa shape index (κ1) is 15.8. The molecule has 0 aromatic carbocycles. The lowest BCUT2D eigenvalue weighted by Gasteiger charge is -2.13. The number of pyridine rings is 2. The number of hydrogen-bond acceptors (Lipinski definition) is 4. The predicted octanol–water partition coefficient (Wildman–Crippen LogP) is 2.74. The van der Waals surface area contributed by atoms with Crippen molar-refractivity contribution in [3.8, 4) is 17.5 Å². The topological polar surface area (TPSA) is 46.8 Å². The first-order chi connectivity index (χ1) is 11.5. The molecule has 0 radical (unpaired) electrons. The molecule has 0 aliphatic heterocycles. The number of aromatic nitrogens is 4. The number of imidazole rings is 1. The Bertz CT molecular complexity index is 928. The van der Waals surface area contributed by atoms with Crippen LogP contribution in [-0.2, 0) is 0 Å². The van der Waals surface area contributed by atoms with E-state index < -0.39 is 0 Å². The van der Waals surface area contributed by atoms with Gasteiger partial charge < -0.3 is 9.47 Å². The van der Waals surface area contributed by atoms with Crippen molar-refractivity contribution in [3.05, 3.63) is 65.8 Å². The lowest BCUT2D eigenvalue weighted by molar-refractivity contribution is 0.960. The van der Waals surface area contributed by atoms with E-state index in [1.165, 1.54) is 0 Å². The standard InChI is InChI=1S/C19H19N5/c1-14-9-16(7-8-21-14)5-6-17-13-24(15(2)22-17)19-10-18(23(3)4)11-20-12-19/h7-13H,1-4H3. The van der Waals surface area contributed by atoms with Crippen molar-refractivity contribution in [2.24, 2.45) is 0 Å². The molecule has 5 nitrogen and oxygen atoms in total. The van der Waals surface area contributed by atoms with Crippen LogP contribution in [0.25, 0.3) is 5.69 Å². The van der Waals surface area contributed by atoms with Gasteiger partial charge in [0.2, 0.25) is 0 Å². The lowest BCUT2D eigenvalue weighted by atomic mass is 10.2. The second kappa shape index (κ2) is 6.55. The molecular formula is C19H19N5. The molecule has 120 valence electrons. The van der Waals surface area contributed by atoms with E-state index in [0.717, 1.165) is 34.2 Å². The summed E-state index contributed by atoms with van der Waals surface area (Å²) in [5.74, 6) is 7.13. The normalized spacial score (nSPS) is 10.2. The molecular weight excluding hydrogens is 298 g/mol. The summed E-state index contributed by atoms with van der Waals surface area (Å²) in [4.78, 5) is 15.0. The highest BCUT2D eigenvalue weighted by atomic mass is 15.1. The summed E-state index contributed by atoms with van der Waals surface area (Å²) >= 11 is 0. The van der Waals surface area contributed by atoms with Crippen molar-refractivity contribution in [3.63, 3.8) is 0 Å². The highest BCUT2D eigenvalue weighted by Crippen LogP contribution is 2.17. The summed E-state index contributed by atoms with van der Waals surface area (Å²) in [7, 11) is 3.99. The SMILES string of the molecule is Cc1cc(C#Cc2cn(-c3cncc(N(C)C)c3)c(C)n2)ccn1. The predicted molar refractivity (Wildman–Crippen MR) is 95.4 cm³/mol. The van der Waals surface area contributed by atoms with E-state index in [2.05, 4.69) is 32.9 Å². The van der Waals surface area contributed by atoms with Crippen LogP contribution in [0.3, 0.4) is 0 Å². The van der Waals surface area contributed by atoms with Crippen LogP contribution < -0.4 is 4.90 Å². The molecule has 0 spiro atoms. The van der Waals surface area contributed by atoms with Crippen LogP contribution in [0, 0.1) is 25.7 Å².